The van der Waals surface area contributed by atoms with Crippen molar-refractivity contribution in [2.45, 2.75) is 45.2 Å². The number of amides is 1. The number of ether oxygens (including phenoxy) is 1. The molecule has 6 heteroatoms. The summed E-state index contributed by atoms with van der Waals surface area (Å²) in [6, 6.07) is 18.3. The van der Waals surface area contributed by atoms with Crippen LogP contribution in [-0.4, -0.2) is 23.5 Å². The summed E-state index contributed by atoms with van der Waals surface area (Å²) < 4.78 is 5.76. The summed E-state index contributed by atoms with van der Waals surface area (Å²) >= 11 is 1.71. The normalized spacial score (nSPS) is 15.2. The van der Waals surface area contributed by atoms with E-state index in [-0.39, 0.29) is 11.9 Å². The van der Waals surface area contributed by atoms with Gasteiger partial charge >= 0.3 is 0 Å². The van der Waals surface area contributed by atoms with Crippen molar-refractivity contribution >= 4 is 28.1 Å². The number of aromatic nitrogens is 1. The van der Waals surface area contributed by atoms with Gasteiger partial charge in [-0.3, -0.25) is 9.78 Å². The lowest BCUT2D eigenvalue weighted by Crippen LogP contribution is -2.35. The van der Waals surface area contributed by atoms with Crippen molar-refractivity contribution < 1.29 is 9.53 Å². The van der Waals surface area contributed by atoms with Crippen molar-refractivity contribution in [2.75, 3.05) is 6.61 Å². The number of rotatable bonds is 7. The first-order valence-electron chi connectivity index (χ1n) is 11.6. The van der Waals surface area contributed by atoms with E-state index in [0.717, 1.165) is 46.1 Å². The van der Waals surface area contributed by atoms with Crippen molar-refractivity contribution in [3.63, 3.8) is 0 Å². The second-order valence-corrected chi connectivity index (χ2v) is 10.3. The van der Waals surface area contributed by atoms with E-state index >= 15 is 0 Å². The van der Waals surface area contributed by atoms with Crippen LogP contribution in [0.25, 0.3) is 21.3 Å². The van der Waals surface area contributed by atoms with Gasteiger partial charge in [0.05, 0.1) is 11.1 Å². The SMILES string of the molecule is Cc1ccc2c(C3(NC(=O)c4cc(OC[C@H](C)N)ccc4C)CC3)cc(-c3cccs3)cc2n1. The Balaban J connectivity index is 1.51. The standard InChI is InChI=1S/C28H29N3O2S/c1-17-6-8-21(33-16-18(2)29)15-23(17)27(32)31-28(10-11-28)24-13-20(26-5-4-12-34-26)14-25-22(24)9-7-19(3)30-25/h4-9,12-15,18H,10-11,16,29H2,1-3H3,(H,31,32)/t18-/m0/s1. The van der Waals surface area contributed by atoms with Crippen molar-refractivity contribution in [3.05, 3.63) is 82.4 Å². The maximum Gasteiger partial charge on any atom is 0.252 e. The molecule has 1 atom stereocenters. The second kappa shape index (κ2) is 8.85. The number of carbonyl (C=O) groups is 1. The van der Waals surface area contributed by atoms with Gasteiger partial charge in [-0.15, -0.1) is 11.3 Å². The van der Waals surface area contributed by atoms with E-state index in [1.807, 2.05) is 45.0 Å². The third kappa shape index (κ3) is 4.43. The lowest BCUT2D eigenvalue weighted by Gasteiger charge is -2.22. The zero-order valence-corrected chi connectivity index (χ0v) is 20.5. The number of hydrogen-bond acceptors (Lipinski definition) is 5. The predicted molar refractivity (Wildman–Crippen MR) is 138 cm³/mol. The number of carbonyl (C=O) groups excluding carboxylic acids is 1. The number of nitrogens with two attached hydrogens (primary N) is 1. The van der Waals surface area contributed by atoms with E-state index in [9.17, 15) is 4.79 Å². The summed E-state index contributed by atoms with van der Waals surface area (Å²) in [6.45, 7) is 6.25. The molecule has 34 heavy (non-hydrogen) atoms. The van der Waals surface area contributed by atoms with E-state index in [2.05, 4.69) is 41.0 Å². The van der Waals surface area contributed by atoms with Crippen LogP contribution in [0.4, 0.5) is 0 Å². The van der Waals surface area contributed by atoms with Crippen molar-refractivity contribution in [1.29, 1.82) is 0 Å². The Hall–Kier alpha value is -3.22. The summed E-state index contributed by atoms with van der Waals surface area (Å²) in [5, 5.41) is 6.54. The molecule has 0 spiro atoms. The molecule has 1 saturated carbocycles. The van der Waals surface area contributed by atoms with Gasteiger partial charge in [-0.1, -0.05) is 18.2 Å². The van der Waals surface area contributed by atoms with Crippen LogP contribution >= 0.6 is 11.3 Å². The summed E-state index contributed by atoms with van der Waals surface area (Å²) in [5.41, 5.74) is 11.2. The number of benzene rings is 2. The van der Waals surface area contributed by atoms with E-state index in [1.54, 1.807) is 11.3 Å². The Morgan fingerprint density at radius 3 is 2.71 bits per heavy atom. The molecule has 0 radical (unpaired) electrons. The number of hydrogen-bond donors (Lipinski definition) is 2. The summed E-state index contributed by atoms with van der Waals surface area (Å²) in [4.78, 5) is 19.5. The van der Waals surface area contributed by atoms with E-state index < -0.39 is 5.54 Å². The van der Waals surface area contributed by atoms with Gasteiger partial charge in [0, 0.05) is 27.6 Å². The van der Waals surface area contributed by atoms with E-state index in [0.29, 0.717) is 17.9 Å². The number of pyridine rings is 1. The van der Waals surface area contributed by atoms with Crippen LogP contribution in [-0.2, 0) is 5.54 Å². The highest BCUT2D eigenvalue weighted by molar-refractivity contribution is 7.13. The third-order valence-electron chi connectivity index (χ3n) is 6.34. The number of fused-ring (bicyclic) bond motifs is 1. The molecule has 5 nitrogen and oxygen atoms in total. The minimum absolute atomic E-state index is 0.0746. The second-order valence-electron chi connectivity index (χ2n) is 9.32. The molecule has 1 aliphatic carbocycles. The van der Waals surface area contributed by atoms with Gasteiger partial charge in [-0.25, -0.2) is 0 Å². The molecular formula is C28H29N3O2S. The fourth-order valence-corrected chi connectivity index (χ4v) is 5.07. The van der Waals surface area contributed by atoms with Gasteiger partial charge in [0.2, 0.25) is 0 Å². The van der Waals surface area contributed by atoms with Crippen molar-refractivity contribution in [3.8, 4) is 16.2 Å². The molecule has 5 rings (SSSR count). The van der Waals surface area contributed by atoms with Crippen LogP contribution in [0.15, 0.2) is 60.0 Å². The number of aryl methyl sites for hydroxylation is 2. The fourth-order valence-electron chi connectivity index (χ4n) is 4.35. The highest BCUT2D eigenvalue weighted by atomic mass is 32.1. The molecule has 3 N–H and O–H groups in total. The molecule has 1 fully saturated rings. The van der Waals surface area contributed by atoms with E-state index in [1.165, 1.54) is 4.88 Å². The quantitative estimate of drug-likeness (QED) is 0.361. The molecule has 1 amide bonds. The first kappa shape index (κ1) is 22.6. The maximum atomic E-state index is 13.5. The first-order chi connectivity index (χ1) is 16.3. The Labute approximate surface area is 204 Å². The van der Waals surface area contributed by atoms with Crippen LogP contribution in [0.2, 0.25) is 0 Å². The average molecular weight is 472 g/mol. The van der Waals surface area contributed by atoms with Gasteiger partial charge in [-0.05, 0) is 92.1 Å². The average Bonchev–Trinajstić information content (AvgIpc) is 3.37. The molecule has 2 aromatic carbocycles. The minimum Gasteiger partial charge on any atom is -0.492 e. The number of thiophene rings is 1. The molecule has 0 saturated heterocycles. The Morgan fingerprint density at radius 1 is 1.18 bits per heavy atom. The molecule has 0 unspecified atom stereocenters. The number of nitrogens with zero attached hydrogens (tertiary/aromatic N) is 1. The predicted octanol–water partition coefficient (Wildman–Crippen LogP) is 5.73. The summed E-state index contributed by atoms with van der Waals surface area (Å²) in [7, 11) is 0. The lowest BCUT2D eigenvalue weighted by atomic mass is 9.95. The molecule has 1 aliphatic rings. The Kier molecular flexibility index (Phi) is 5.88. The van der Waals surface area contributed by atoms with Crippen molar-refractivity contribution in [2.24, 2.45) is 5.73 Å². The summed E-state index contributed by atoms with van der Waals surface area (Å²) in [6.07, 6.45) is 1.80. The maximum absolute atomic E-state index is 13.5. The van der Waals surface area contributed by atoms with Crippen LogP contribution in [0.1, 0.15) is 46.9 Å². The molecule has 0 bridgehead atoms. The Morgan fingerprint density at radius 2 is 2.00 bits per heavy atom. The molecule has 2 aromatic heterocycles. The van der Waals surface area contributed by atoms with E-state index in [4.69, 9.17) is 15.5 Å². The molecule has 0 aliphatic heterocycles. The lowest BCUT2D eigenvalue weighted by molar-refractivity contribution is 0.0930. The minimum atomic E-state index is -0.394. The third-order valence-corrected chi connectivity index (χ3v) is 7.26. The smallest absolute Gasteiger partial charge is 0.252 e. The Bertz CT molecular complexity index is 1360. The number of nitrogens with one attached hydrogen (secondary N) is 1. The van der Waals surface area contributed by atoms with Crippen LogP contribution in [0.5, 0.6) is 5.75 Å². The van der Waals surface area contributed by atoms with Gasteiger partial charge < -0.3 is 15.8 Å². The van der Waals surface area contributed by atoms with Gasteiger partial charge in [0.25, 0.3) is 5.91 Å². The molecule has 2 heterocycles. The fraction of sp³-hybridized carbons (Fsp3) is 0.286. The zero-order valence-electron chi connectivity index (χ0n) is 19.7. The van der Waals surface area contributed by atoms with Gasteiger partial charge in [0.1, 0.15) is 12.4 Å². The molecule has 174 valence electrons. The van der Waals surface area contributed by atoms with Gasteiger partial charge in [0.15, 0.2) is 0 Å². The first-order valence-corrected chi connectivity index (χ1v) is 12.5. The topological polar surface area (TPSA) is 77.2 Å². The molecule has 4 aromatic rings. The highest BCUT2D eigenvalue weighted by Crippen LogP contribution is 2.49. The van der Waals surface area contributed by atoms with Crippen molar-refractivity contribution in [1.82, 2.24) is 10.3 Å². The monoisotopic (exact) mass is 471 g/mol. The van der Waals surface area contributed by atoms with Gasteiger partial charge in [-0.2, -0.15) is 0 Å². The largest absolute Gasteiger partial charge is 0.492 e. The molecular weight excluding hydrogens is 442 g/mol. The van der Waals surface area contributed by atoms with Crippen LogP contribution in [0, 0.1) is 13.8 Å². The highest BCUT2D eigenvalue weighted by Gasteiger charge is 2.47. The van der Waals surface area contributed by atoms with Crippen LogP contribution in [0.3, 0.4) is 0 Å². The zero-order chi connectivity index (χ0) is 23.9. The van der Waals surface area contributed by atoms with Crippen LogP contribution < -0.4 is 15.8 Å². The summed E-state index contributed by atoms with van der Waals surface area (Å²) in [5.74, 6) is 0.568.